The summed E-state index contributed by atoms with van der Waals surface area (Å²) in [5.74, 6) is -0.587. The summed E-state index contributed by atoms with van der Waals surface area (Å²) in [7, 11) is 0. The van der Waals surface area contributed by atoms with Crippen molar-refractivity contribution in [3.63, 3.8) is 0 Å². The Morgan fingerprint density at radius 2 is 2.21 bits per heavy atom. The fourth-order valence-corrected chi connectivity index (χ4v) is 1.36. The van der Waals surface area contributed by atoms with Gasteiger partial charge < -0.3 is 5.32 Å². The van der Waals surface area contributed by atoms with Crippen molar-refractivity contribution in [1.29, 1.82) is 5.26 Å². The molecule has 1 aromatic heterocycles. The summed E-state index contributed by atoms with van der Waals surface area (Å²) < 4.78 is 36.9. The number of amides is 1. The first kappa shape index (κ1) is 15.0. The second kappa shape index (κ2) is 6.18. The standard InChI is InChI=1S/C12H12F3N3O/c1-2-9(5-6-16)18-11(19)10-4-3-8(7-17-10)12(13,14)15/h3-4,7,9H,2,5H2,1H3,(H,18,19). The van der Waals surface area contributed by atoms with Crippen molar-refractivity contribution in [1.82, 2.24) is 10.3 Å². The van der Waals surface area contributed by atoms with E-state index in [0.717, 1.165) is 12.1 Å². The topological polar surface area (TPSA) is 65.8 Å². The Morgan fingerprint density at radius 1 is 1.53 bits per heavy atom. The van der Waals surface area contributed by atoms with Gasteiger partial charge in [-0.1, -0.05) is 6.92 Å². The lowest BCUT2D eigenvalue weighted by molar-refractivity contribution is -0.137. The summed E-state index contributed by atoms with van der Waals surface area (Å²) >= 11 is 0. The Hall–Kier alpha value is -2.10. The number of rotatable bonds is 4. The van der Waals surface area contributed by atoms with E-state index >= 15 is 0 Å². The largest absolute Gasteiger partial charge is 0.417 e. The molecule has 0 bridgehead atoms. The molecule has 1 unspecified atom stereocenters. The minimum Gasteiger partial charge on any atom is -0.347 e. The van der Waals surface area contributed by atoms with E-state index in [-0.39, 0.29) is 18.2 Å². The van der Waals surface area contributed by atoms with Gasteiger partial charge in [0.25, 0.3) is 5.91 Å². The van der Waals surface area contributed by atoms with Gasteiger partial charge in [0.05, 0.1) is 18.1 Å². The molecule has 7 heteroatoms. The van der Waals surface area contributed by atoms with Crippen LogP contribution in [0, 0.1) is 11.3 Å². The van der Waals surface area contributed by atoms with E-state index in [0.29, 0.717) is 12.6 Å². The number of carbonyl (C=O) groups excluding carboxylic acids is 1. The van der Waals surface area contributed by atoms with Gasteiger partial charge in [0.1, 0.15) is 5.69 Å². The Labute approximate surface area is 108 Å². The SMILES string of the molecule is CCC(CC#N)NC(=O)c1ccc(C(F)(F)F)cn1. The van der Waals surface area contributed by atoms with Gasteiger partial charge in [0.2, 0.25) is 0 Å². The lowest BCUT2D eigenvalue weighted by Crippen LogP contribution is -2.34. The third-order valence-corrected chi connectivity index (χ3v) is 2.49. The number of hydrogen-bond acceptors (Lipinski definition) is 3. The lowest BCUT2D eigenvalue weighted by Gasteiger charge is -2.13. The first-order chi connectivity index (χ1) is 8.88. The molecule has 0 saturated carbocycles. The van der Waals surface area contributed by atoms with Crippen LogP contribution < -0.4 is 5.32 Å². The molecule has 0 aliphatic rings. The van der Waals surface area contributed by atoms with Gasteiger partial charge in [-0.3, -0.25) is 9.78 Å². The Bertz CT molecular complexity index is 476. The third-order valence-electron chi connectivity index (χ3n) is 2.49. The van der Waals surface area contributed by atoms with E-state index in [4.69, 9.17) is 5.26 Å². The summed E-state index contributed by atoms with van der Waals surface area (Å²) in [5, 5.41) is 11.1. The number of nitriles is 1. The quantitative estimate of drug-likeness (QED) is 0.915. The van der Waals surface area contributed by atoms with Crippen LogP contribution in [0.3, 0.4) is 0 Å². The highest BCUT2D eigenvalue weighted by atomic mass is 19.4. The van der Waals surface area contributed by atoms with Crippen molar-refractivity contribution < 1.29 is 18.0 Å². The van der Waals surface area contributed by atoms with Gasteiger partial charge in [0, 0.05) is 12.2 Å². The smallest absolute Gasteiger partial charge is 0.347 e. The van der Waals surface area contributed by atoms with Gasteiger partial charge in [-0.2, -0.15) is 18.4 Å². The zero-order valence-electron chi connectivity index (χ0n) is 10.2. The van der Waals surface area contributed by atoms with E-state index in [2.05, 4.69) is 10.3 Å². The number of aromatic nitrogens is 1. The van der Waals surface area contributed by atoms with Crippen LogP contribution in [0.15, 0.2) is 18.3 Å². The normalized spacial score (nSPS) is 12.6. The molecular weight excluding hydrogens is 259 g/mol. The number of nitrogens with zero attached hydrogens (tertiary/aromatic N) is 2. The predicted octanol–water partition coefficient (Wildman–Crippen LogP) is 2.52. The van der Waals surface area contributed by atoms with Crippen LogP contribution in [0.4, 0.5) is 13.2 Å². The molecule has 0 aromatic carbocycles. The molecular formula is C12H12F3N3O. The number of alkyl halides is 3. The number of halogens is 3. The maximum Gasteiger partial charge on any atom is 0.417 e. The average molecular weight is 271 g/mol. The van der Waals surface area contributed by atoms with E-state index in [1.54, 1.807) is 6.92 Å². The Morgan fingerprint density at radius 3 is 2.63 bits per heavy atom. The lowest BCUT2D eigenvalue weighted by atomic mass is 10.1. The fraction of sp³-hybridized carbons (Fsp3) is 0.417. The summed E-state index contributed by atoms with van der Waals surface area (Å²) in [5.41, 5.74) is -1.02. The van der Waals surface area contributed by atoms with E-state index in [9.17, 15) is 18.0 Å². The van der Waals surface area contributed by atoms with Crippen LogP contribution in [0.1, 0.15) is 35.8 Å². The molecule has 0 fully saturated rings. The molecule has 19 heavy (non-hydrogen) atoms. The minimum atomic E-state index is -4.48. The van der Waals surface area contributed by atoms with Crippen LogP contribution in [-0.4, -0.2) is 16.9 Å². The first-order valence-corrected chi connectivity index (χ1v) is 5.59. The molecule has 1 amide bonds. The predicted molar refractivity (Wildman–Crippen MR) is 61.0 cm³/mol. The Kier molecular flexibility index (Phi) is 4.87. The monoisotopic (exact) mass is 271 g/mol. The first-order valence-electron chi connectivity index (χ1n) is 5.59. The van der Waals surface area contributed by atoms with Crippen molar-refractivity contribution in [3.05, 3.63) is 29.6 Å². The molecule has 0 saturated heterocycles. The molecule has 1 atom stereocenters. The highest BCUT2D eigenvalue weighted by Gasteiger charge is 2.31. The highest BCUT2D eigenvalue weighted by molar-refractivity contribution is 5.92. The number of pyridine rings is 1. The van der Waals surface area contributed by atoms with E-state index < -0.39 is 17.6 Å². The van der Waals surface area contributed by atoms with Gasteiger partial charge in [0.15, 0.2) is 0 Å². The molecule has 1 aromatic rings. The van der Waals surface area contributed by atoms with Crippen molar-refractivity contribution in [2.75, 3.05) is 0 Å². The maximum absolute atomic E-state index is 12.3. The molecule has 1 rings (SSSR count). The summed E-state index contributed by atoms with van der Waals surface area (Å²) in [4.78, 5) is 15.2. The Balaban J connectivity index is 2.76. The van der Waals surface area contributed by atoms with E-state index in [1.165, 1.54) is 0 Å². The fourth-order valence-electron chi connectivity index (χ4n) is 1.36. The zero-order valence-corrected chi connectivity index (χ0v) is 10.2. The van der Waals surface area contributed by atoms with Gasteiger partial charge >= 0.3 is 6.18 Å². The van der Waals surface area contributed by atoms with Gasteiger partial charge in [-0.05, 0) is 18.6 Å². The molecule has 1 heterocycles. The number of nitrogens with one attached hydrogen (secondary N) is 1. The van der Waals surface area contributed by atoms with Crippen molar-refractivity contribution >= 4 is 5.91 Å². The average Bonchev–Trinajstić information content (AvgIpc) is 2.37. The van der Waals surface area contributed by atoms with Gasteiger partial charge in [-0.15, -0.1) is 0 Å². The van der Waals surface area contributed by atoms with Gasteiger partial charge in [-0.25, -0.2) is 0 Å². The summed E-state index contributed by atoms with van der Waals surface area (Å²) in [6, 6.07) is 3.40. The summed E-state index contributed by atoms with van der Waals surface area (Å²) in [6.07, 6.45) is -3.17. The van der Waals surface area contributed by atoms with Crippen LogP contribution in [-0.2, 0) is 6.18 Å². The minimum absolute atomic E-state index is 0.107. The van der Waals surface area contributed by atoms with Crippen molar-refractivity contribution in [3.8, 4) is 6.07 Å². The number of carbonyl (C=O) groups is 1. The van der Waals surface area contributed by atoms with E-state index in [1.807, 2.05) is 6.07 Å². The van der Waals surface area contributed by atoms with Crippen LogP contribution in [0.25, 0.3) is 0 Å². The molecule has 102 valence electrons. The second-order valence-electron chi connectivity index (χ2n) is 3.87. The molecule has 4 nitrogen and oxygen atoms in total. The molecule has 0 spiro atoms. The van der Waals surface area contributed by atoms with Crippen molar-refractivity contribution in [2.24, 2.45) is 0 Å². The zero-order chi connectivity index (χ0) is 14.5. The van der Waals surface area contributed by atoms with Crippen LogP contribution in [0.2, 0.25) is 0 Å². The second-order valence-corrected chi connectivity index (χ2v) is 3.87. The number of hydrogen-bond donors (Lipinski definition) is 1. The molecule has 0 radical (unpaired) electrons. The maximum atomic E-state index is 12.3. The summed E-state index contributed by atoms with van der Waals surface area (Å²) in [6.45, 7) is 1.79. The van der Waals surface area contributed by atoms with Crippen LogP contribution in [0.5, 0.6) is 0 Å². The molecule has 1 N–H and O–H groups in total. The van der Waals surface area contributed by atoms with Crippen molar-refractivity contribution in [2.45, 2.75) is 32.0 Å². The van der Waals surface area contributed by atoms with Crippen LogP contribution >= 0.6 is 0 Å². The molecule has 0 aliphatic carbocycles. The third kappa shape index (κ3) is 4.25. The highest BCUT2D eigenvalue weighted by Crippen LogP contribution is 2.28. The molecule has 0 aliphatic heterocycles.